The molecule has 3 rings (SSSR count). The van der Waals surface area contributed by atoms with E-state index in [-0.39, 0.29) is 22.2 Å². The summed E-state index contributed by atoms with van der Waals surface area (Å²) in [6.07, 6.45) is 9.39. The van der Waals surface area contributed by atoms with Crippen molar-refractivity contribution < 1.29 is 0 Å². The minimum absolute atomic E-state index is 0.200. The van der Waals surface area contributed by atoms with Gasteiger partial charge in [0.15, 0.2) is 0 Å². The summed E-state index contributed by atoms with van der Waals surface area (Å²) < 4.78 is 0. The first kappa shape index (κ1) is 23.3. The van der Waals surface area contributed by atoms with Gasteiger partial charge in [0.1, 0.15) is 0 Å². The third-order valence-corrected chi connectivity index (χ3v) is 7.95. The van der Waals surface area contributed by atoms with Crippen molar-refractivity contribution in [2.24, 2.45) is 0 Å². The van der Waals surface area contributed by atoms with Crippen LogP contribution < -0.4 is 0 Å². The van der Waals surface area contributed by atoms with Gasteiger partial charge in [-0.2, -0.15) is 0 Å². The Labute approximate surface area is 186 Å². The first-order valence-electron chi connectivity index (χ1n) is 11.6. The fourth-order valence-electron chi connectivity index (χ4n) is 5.82. The van der Waals surface area contributed by atoms with Gasteiger partial charge in [-0.15, -0.1) is 0 Å². The largest absolute Gasteiger partial charge is 0.295 e. The van der Waals surface area contributed by atoms with Crippen LogP contribution in [0, 0.1) is 0 Å². The van der Waals surface area contributed by atoms with E-state index in [9.17, 15) is 0 Å². The van der Waals surface area contributed by atoms with Gasteiger partial charge in [-0.1, -0.05) is 47.6 Å². The molecule has 2 saturated heterocycles. The van der Waals surface area contributed by atoms with Crippen molar-refractivity contribution in [1.82, 2.24) is 9.80 Å². The first-order chi connectivity index (χ1) is 13.6. The highest BCUT2D eigenvalue weighted by Gasteiger charge is 2.41. The van der Waals surface area contributed by atoms with Crippen LogP contribution in [0.3, 0.4) is 0 Å². The van der Waals surface area contributed by atoms with E-state index < -0.39 is 0 Å². The minimum Gasteiger partial charge on any atom is -0.295 e. The Balaban J connectivity index is 1.79. The number of likely N-dealkylation sites (tertiary alicyclic amines) is 2. The smallest absolute Gasteiger partial charge is 0.0192 e. The summed E-state index contributed by atoms with van der Waals surface area (Å²) in [5.41, 5.74) is 6.58. The van der Waals surface area contributed by atoms with E-state index in [1.807, 2.05) is 0 Å². The highest BCUT2D eigenvalue weighted by molar-refractivity contribution is 5.60. The van der Waals surface area contributed by atoms with E-state index in [4.69, 9.17) is 0 Å². The molecule has 0 bridgehead atoms. The second kappa shape index (κ2) is 7.64. The third-order valence-electron chi connectivity index (χ3n) is 7.95. The molecule has 1 aromatic carbocycles. The third kappa shape index (κ3) is 4.75. The van der Waals surface area contributed by atoms with Gasteiger partial charge in [0.25, 0.3) is 0 Å². The van der Waals surface area contributed by atoms with Gasteiger partial charge in [-0.25, -0.2) is 0 Å². The van der Waals surface area contributed by atoms with Gasteiger partial charge in [0.05, 0.1) is 0 Å². The molecule has 1 aromatic rings. The lowest BCUT2D eigenvalue weighted by atomic mass is 9.76. The molecular weight excluding hydrogens is 364 g/mol. The van der Waals surface area contributed by atoms with E-state index in [1.165, 1.54) is 11.1 Å². The fourth-order valence-corrected chi connectivity index (χ4v) is 5.82. The average molecular weight is 409 g/mol. The Bertz CT molecular complexity index is 723. The lowest BCUT2D eigenvalue weighted by Gasteiger charge is -2.52. The summed E-state index contributed by atoms with van der Waals surface area (Å²) in [6, 6.07) is 9.18. The monoisotopic (exact) mass is 408 g/mol. The number of benzene rings is 1. The van der Waals surface area contributed by atoms with Crippen molar-refractivity contribution in [2.75, 3.05) is 14.1 Å². The van der Waals surface area contributed by atoms with Crippen molar-refractivity contribution in [2.45, 2.75) is 103 Å². The molecule has 30 heavy (non-hydrogen) atoms. The molecule has 0 amide bonds. The zero-order valence-electron chi connectivity index (χ0n) is 21.2. The van der Waals surface area contributed by atoms with Crippen LogP contribution in [0.2, 0.25) is 0 Å². The molecule has 166 valence electrons. The standard InChI is InChI=1S/C28H44N2/c1-25(2)17-23(18-26(3,4)29(25)9)15-21-11-13-22(14-12-21)16-24-19-27(5,6)30(10)28(7,8)20-24/h11-16H,17-20H2,1-10H3. The van der Waals surface area contributed by atoms with Crippen LogP contribution in [0.5, 0.6) is 0 Å². The molecule has 0 saturated carbocycles. The Morgan fingerprint density at radius 1 is 0.533 bits per heavy atom. The zero-order valence-corrected chi connectivity index (χ0v) is 21.2. The molecule has 0 aromatic heterocycles. The SMILES string of the molecule is CN1C(C)(C)CC(=Cc2ccc(C=C3CC(C)(C)N(C)C(C)(C)C3)cc2)CC1(C)C. The van der Waals surface area contributed by atoms with Crippen LogP contribution in [-0.2, 0) is 0 Å². The normalized spacial score (nSPS) is 25.8. The molecule has 2 heteroatoms. The molecule has 0 aliphatic carbocycles. The maximum Gasteiger partial charge on any atom is 0.0192 e. The molecule has 2 fully saturated rings. The Morgan fingerprint density at radius 2 is 0.767 bits per heavy atom. The lowest BCUT2D eigenvalue weighted by Crippen LogP contribution is -2.56. The summed E-state index contributed by atoms with van der Waals surface area (Å²) in [4.78, 5) is 5.08. The maximum absolute atomic E-state index is 2.54. The second-order valence-corrected chi connectivity index (χ2v) is 12.3. The predicted octanol–water partition coefficient (Wildman–Crippen LogP) is 7.02. The van der Waals surface area contributed by atoms with Crippen LogP contribution in [0.1, 0.15) is 92.2 Å². The van der Waals surface area contributed by atoms with Gasteiger partial charge in [-0.3, -0.25) is 9.80 Å². The lowest BCUT2D eigenvalue weighted by molar-refractivity contribution is 0.0213. The van der Waals surface area contributed by atoms with E-state index in [0.717, 1.165) is 25.7 Å². The van der Waals surface area contributed by atoms with Gasteiger partial charge in [0.2, 0.25) is 0 Å². The fraction of sp³-hybridized carbons (Fsp3) is 0.643. The van der Waals surface area contributed by atoms with Gasteiger partial charge in [-0.05, 0) is 106 Å². The van der Waals surface area contributed by atoms with Crippen molar-refractivity contribution in [3.8, 4) is 0 Å². The molecule has 2 heterocycles. The number of nitrogens with zero attached hydrogens (tertiary/aromatic N) is 2. The Hall–Kier alpha value is -1.38. The van der Waals surface area contributed by atoms with Crippen molar-refractivity contribution in [3.05, 3.63) is 46.5 Å². The predicted molar refractivity (Wildman–Crippen MR) is 133 cm³/mol. The maximum atomic E-state index is 2.54. The molecular formula is C28H44N2. The second-order valence-electron chi connectivity index (χ2n) is 12.3. The molecule has 0 atom stereocenters. The molecule has 0 spiro atoms. The van der Waals surface area contributed by atoms with E-state index in [1.54, 1.807) is 11.1 Å². The van der Waals surface area contributed by atoms with Gasteiger partial charge < -0.3 is 0 Å². The Morgan fingerprint density at radius 3 is 1.00 bits per heavy atom. The average Bonchev–Trinajstić information content (AvgIpc) is 2.58. The highest BCUT2D eigenvalue weighted by Crippen LogP contribution is 2.41. The summed E-state index contributed by atoms with van der Waals surface area (Å²) >= 11 is 0. The number of hydrogen-bond acceptors (Lipinski definition) is 2. The summed E-state index contributed by atoms with van der Waals surface area (Å²) in [6.45, 7) is 18.9. The molecule has 2 aliphatic rings. The van der Waals surface area contributed by atoms with Gasteiger partial charge >= 0.3 is 0 Å². The van der Waals surface area contributed by atoms with Crippen molar-refractivity contribution >= 4 is 12.2 Å². The summed E-state index contributed by atoms with van der Waals surface area (Å²) in [7, 11) is 4.54. The molecule has 0 radical (unpaired) electrons. The summed E-state index contributed by atoms with van der Waals surface area (Å²) in [5.74, 6) is 0. The number of rotatable bonds is 2. The molecule has 2 nitrogen and oxygen atoms in total. The van der Waals surface area contributed by atoms with E-state index in [0.29, 0.717) is 0 Å². The van der Waals surface area contributed by atoms with Gasteiger partial charge in [0, 0.05) is 22.2 Å². The highest BCUT2D eigenvalue weighted by atomic mass is 15.2. The topological polar surface area (TPSA) is 6.48 Å². The van der Waals surface area contributed by atoms with Crippen LogP contribution in [-0.4, -0.2) is 46.1 Å². The van der Waals surface area contributed by atoms with Crippen LogP contribution in [0.4, 0.5) is 0 Å². The number of piperidine rings is 2. The first-order valence-corrected chi connectivity index (χ1v) is 11.6. The minimum atomic E-state index is 0.200. The van der Waals surface area contributed by atoms with Crippen LogP contribution >= 0.6 is 0 Å². The van der Waals surface area contributed by atoms with Crippen LogP contribution in [0.15, 0.2) is 35.4 Å². The molecule has 2 aliphatic heterocycles. The zero-order chi connectivity index (χ0) is 22.5. The van der Waals surface area contributed by atoms with Crippen molar-refractivity contribution in [3.63, 3.8) is 0 Å². The Kier molecular flexibility index (Phi) is 5.93. The molecule has 0 N–H and O–H groups in total. The van der Waals surface area contributed by atoms with Crippen molar-refractivity contribution in [1.29, 1.82) is 0 Å². The number of hydrogen-bond donors (Lipinski definition) is 0. The molecule has 0 unspecified atom stereocenters. The quantitative estimate of drug-likeness (QED) is 0.519. The van der Waals surface area contributed by atoms with E-state index in [2.05, 4.69) is 116 Å². The van der Waals surface area contributed by atoms with Crippen LogP contribution in [0.25, 0.3) is 12.2 Å². The van der Waals surface area contributed by atoms with E-state index >= 15 is 0 Å². The summed E-state index contributed by atoms with van der Waals surface area (Å²) in [5, 5.41) is 0.